The zero-order valence-electron chi connectivity index (χ0n) is 14.5. The highest BCUT2D eigenvalue weighted by atomic mass is 19.1. The molecule has 2 aromatic heterocycles. The van der Waals surface area contributed by atoms with E-state index in [1.54, 1.807) is 13.1 Å². The van der Waals surface area contributed by atoms with Gasteiger partial charge in [0.25, 0.3) is 5.91 Å². The van der Waals surface area contributed by atoms with Crippen LogP contribution in [0.25, 0.3) is 22.2 Å². The number of nitrogen functional groups attached to an aromatic ring is 1. The summed E-state index contributed by atoms with van der Waals surface area (Å²) in [5.41, 5.74) is 8.87. The number of H-pyrrole nitrogens is 2. The van der Waals surface area contributed by atoms with Gasteiger partial charge in [-0.3, -0.25) is 9.89 Å². The molecule has 0 spiro atoms. The number of halogens is 1. The van der Waals surface area contributed by atoms with Crippen molar-refractivity contribution in [1.29, 1.82) is 0 Å². The first-order valence-corrected chi connectivity index (χ1v) is 8.32. The van der Waals surface area contributed by atoms with E-state index in [-0.39, 0.29) is 24.1 Å². The minimum absolute atomic E-state index is 0.224. The fourth-order valence-electron chi connectivity index (χ4n) is 3.00. The minimum atomic E-state index is -0.345. The fourth-order valence-corrected chi connectivity index (χ4v) is 3.00. The summed E-state index contributed by atoms with van der Waals surface area (Å²) in [7, 11) is 1.65. The Morgan fingerprint density at radius 1 is 1.22 bits per heavy atom. The normalized spacial score (nSPS) is 11.0. The van der Waals surface area contributed by atoms with E-state index in [0.717, 1.165) is 5.56 Å². The molecule has 0 aliphatic heterocycles. The maximum Gasteiger partial charge on any atom is 0.272 e. The molecule has 0 atom stereocenters. The SMILES string of the molecule is CN(Cc1nc2ccc(F)cc2[nH]1)C(=O)c1[nH]nc(N)c1-c1ccccc1. The van der Waals surface area contributed by atoms with Crippen molar-refractivity contribution in [3.05, 3.63) is 65.9 Å². The van der Waals surface area contributed by atoms with E-state index < -0.39 is 0 Å². The van der Waals surface area contributed by atoms with Crippen molar-refractivity contribution in [3.8, 4) is 11.1 Å². The molecule has 2 aromatic carbocycles. The van der Waals surface area contributed by atoms with Crippen molar-refractivity contribution < 1.29 is 9.18 Å². The number of rotatable bonds is 4. The Morgan fingerprint density at radius 2 is 2.00 bits per heavy atom. The van der Waals surface area contributed by atoms with Gasteiger partial charge in [0, 0.05) is 7.05 Å². The lowest BCUT2D eigenvalue weighted by Crippen LogP contribution is -2.27. The molecule has 0 saturated heterocycles. The quantitative estimate of drug-likeness (QED) is 0.518. The van der Waals surface area contributed by atoms with Gasteiger partial charge >= 0.3 is 0 Å². The molecule has 0 unspecified atom stereocenters. The second-order valence-electron chi connectivity index (χ2n) is 6.23. The van der Waals surface area contributed by atoms with Crippen LogP contribution in [0.3, 0.4) is 0 Å². The van der Waals surface area contributed by atoms with Crippen LogP contribution in [0.15, 0.2) is 48.5 Å². The highest BCUT2D eigenvalue weighted by molar-refractivity contribution is 6.01. The summed E-state index contributed by atoms with van der Waals surface area (Å²) < 4.78 is 13.3. The van der Waals surface area contributed by atoms with Gasteiger partial charge in [0.05, 0.1) is 23.1 Å². The molecular formula is C19H17FN6O. The Hall–Kier alpha value is -3.68. The lowest BCUT2D eigenvalue weighted by Gasteiger charge is -2.15. The number of hydrogen-bond acceptors (Lipinski definition) is 4. The van der Waals surface area contributed by atoms with E-state index in [0.29, 0.717) is 28.1 Å². The smallest absolute Gasteiger partial charge is 0.272 e. The molecule has 136 valence electrons. The molecule has 0 aliphatic carbocycles. The second kappa shape index (κ2) is 6.56. The molecule has 4 N–H and O–H groups in total. The molecule has 0 fully saturated rings. The number of nitrogens with one attached hydrogen (secondary N) is 2. The molecule has 0 saturated carbocycles. The van der Waals surface area contributed by atoms with E-state index in [1.165, 1.54) is 17.0 Å². The van der Waals surface area contributed by atoms with Gasteiger partial charge in [0.1, 0.15) is 17.3 Å². The Kier molecular flexibility index (Phi) is 4.08. The number of carbonyl (C=O) groups is 1. The van der Waals surface area contributed by atoms with Crippen molar-refractivity contribution in [2.24, 2.45) is 0 Å². The van der Waals surface area contributed by atoms with E-state index >= 15 is 0 Å². The number of nitrogens with two attached hydrogens (primary N) is 1. The lowest BCUT2D eigenvalue weighted by atomic mass is 10.0. The third kappa shape index (κ3) is 3.12. The Bertz CT molecular complexity index is 1120. The molecule has 1 amide bonds. The van der Waals surface area contributed by atoms with E-state index in [4.69, 9.17) is 5.73 Å². The largest absolute Gasteiger partial charge is 0.382 e. The van der Waals surface area contributed by atoms with Crippen LogP contribution in [0, 0.1) is 5.82 Å². The summed E-state index contributed by atoms with van der Waals surface area (Å²) in [5.74, 6) is 0.199. The first-order valence-electron chi connectivity index (χ1n) is 8.32. The maximum atomic E-state index is 13.3. The van der Waals surface area contributed by atoms with Crippen LogP contribution in [-0.4, -0.2) is 38.0 Å². The summed E-state index contributed by atoms with van der Waals surface area (Å²) in [6, 6.07) is 13.7. The van der Waals surface area contributed by atoms with E-state index in [2.05, 4.69) is 20.2 Å². The number of aromatic nitrogens is 4. The maximum absolute atomic E-state index is 13.3. The lowest BCUT2D eigenvalue weighted by molar-refractivity contribution is 0.0777. The van der Waals surface area contributed by atoms with Crippen molar-refractivity contribution in [2.45, 2.75) is 6.54 Å². The van der Waals surface area contributed by atoms with Crippen molar-refractivity contribution in [2.75, 3.05) is 12.8 Å². The van der Waals surface area contributed by atoms with E-state index in [9.17, 15) is 9.18 Å². The van der Waals surface area contributed by atoms with Crippen LogP contribution < -0.4 is 5.73 Å². The van der Waals surface area contributed by atoms with Gasteiger partial charge in [-0.15, -0.1) is 0 Å². The second-order valence-corrected chi connectivity index (χ2v) is 6.23. The Balaban J connectivity index is 1.61. The summed E-state index contributed by atoms with van der Waals surface area (Å²) in [6.45, 7) is 0.224. The number of nitrogens with zero attached hydrogens (tertiary/aromatic N) is 3. The Morgan fingerprint density at radius 3 is 2.78 bits per heavy atom. The van der Waals surface area contributed by atoms with Crippen molar-refractivity contribution in [3.63, 3.8) is 0 Å². The summed E-state index contributed by atoms with van der Waals surface area (Å²) in [6.07, 6.45) is 0. The number of fused-ring (bicyclic) bond motifs is 1. The van der Waals surface area contributed by atoms with Gasteiger partial charge in [-0.25, -0.2) is 9.37 Å². The summed E-state index contributed by atoms with van der Waals surface area (Å²) >= 11 is 0. The third-order valence-electron chi connectivity index (χ3n) is 4.30. The first kappa shape index (κ1) is 16.8. The molecular weight excluding hydrogens is 347 g/mol. The van der Waals surface area contributed by atoms with Gasteiger partial charge in [-0.05, 0) is 23.8 Å². The molecule has 7 nitrogen and oxygen atoms in total. The average molecular weight is 364 g/mol. The summed E-state index contributed by atoms with van der Waals surface area (Å²) in [5, 5.41) is 6.71. The van der Waals surface area contributed by atoms with Gasteiger partial charge < -0.3 is 15.6 Å². The highest BCUT2D eigenvalue weighted by Crippen LogP contribution is 2.28. The topological polar surface area (TPSA) is 104 Å². The zero-order valence-corrected chi connectivity index (χ0v) is 14.5. The van der Waals surface area contributed by atoms with Gasteiger partial charge in [-0.1, -0.05) is 30.3 Å². The Labute approximate surface area is 154 Å². The number of anilines is 1. The predicted molar refractivity (Wildman–Crippen MR) is 100 cm³/mol. The highest BCUT2D eigenvalue weighted by Gasteiger charge is 2.22. The minimum Gasteiger partial charge on any atom is -0.382 e. The van der Waals surface area contributed by atoms with Crippen LogP contribution in [0.5, 0.6) is 0 Å². The van der Waals surface area contributed by atoms with Crippen molar-refractivity contribution in [1.82, 2.24) is 25.1 Å². The number of imidazole rings is 1. The molecule has 0 bridgehead atoms. The number of amides is 1. The molecule has 4 aromatic rings. The van der Waals surface area contributed by atoms with Crippen LogP contribution >= 0.6 is 0 Å². The number of aromatic amines is 2. The van der Waals surface area contributed by atoms with Gasteiger partial charge in [0.15, 0.2) is 5.82 Å². The summed E-state index contributed by atoms with van der Waals surface area (Å²) in [4.78, 5) is 21.8. The van der Waals surface area contributed by atoms with Crippen molar-refractivity contribution >= 4 is 22.8 Å². The van der Waals surface area contributed by atoms with Crippen LogP contribution in [0.1, 0.15) is 16.3 Å². The molecule has 4 rings (SSSR count). The van der Waals surface area contributed by atoms with E-state index in [1.807, 2.05) is 30.3 Å². The third-order valence-corrected chi connectivity index (χ3v) is 4.30. The number of benzene rings is 2. The average Bonchev–Trinajstić information content (AvgIpc) is 3.24. The molecule has 0 aliphatic rings. The predicted octanol–water partition coefficient (Wildman–Crippen LogP) is 2.95. The fraction of sp³-hybridized carbons (Fsp3) is 0.105. The van der Waals surface area contributed by atoms with Crippen LogP contribution in [0.2, 0.25) is 0 Å². The number of carbonyl (C=O) groups excluding carboxylic acids is 1. The standard InChI is InChI=1S/C19H17FN6O/c1-26(10-15-22-13-8-7-12(20)9-14(13)23-15)19(27)17-16(18(21)25-24-17)11-5-3-2-4-6-11/h2-9H,10H2,1H3,(H,22,23)(H3,21,24,25). The molecule has 0 radical (unpaired) electrons. The molecule has 27 heavy (non-hydrogen) atoms. The molecule has 2 heterocycles. The zero-order chi connectivity index (χ0) is 19.0. The van der Waals surface area contributed by atoms with Crippen LogP contribution in [0.4, 0.5) is 10.2 Å². The first-order chi connectivity index (χ1) is 13.0. The van der Waals surface area contributed by atoms with Crippen LogP contribution in [-0.2, 0) is 6.54 Å². The van der Waals surface area contributed by atoms with Gasteiger partial charge in [0.2, 0.25) is 0 Å². The number of hydrogen-bond donors (Lipinski definition) is 3. The van der Waals surface area contributed by atoms with Gasteiger partial charge in [-0.2, -0.15) is 5.10 Å². The molecule has 8 heteroatoms. The monoisotopic (exact) mass is 364 g/mol.